The number of carbonyl (C=O) groups is 1. The highest BCUT2D eigenvalue weighted by atomic mass is 16.1. The second kappa shape index (κ2) is 9.63. The second-order valence-corrected chi connectivity index (χ2v) is 2.02. The van der Waals surface area contributed by atoms with Crippen molar-refractivity contribution in [3.05, 3.63) is 49.6 Å². The first-order chi connectivity index (χ1) is 5.66. The highest BCUT2D eigenvalue weighted by Crippen LogP contribution is 1.94. The van der Waals surface area contributed by atoms with Crippen molar-refractivity contribution in [1.82, 2.24) is 0 Å². The average Bonchev–Trinajstić information content (AvgIpc) is 2.05. The zero-order chi connectivity index (χ0) is 9.98. The van der Waals surface area contributed by atoms with E-state index >= 15 is 0 Å². The Morgan fingerprint density at radius 3 is 2.00 bits per heavy atom. The van der Waals surface area contributed by atoms with Gasteiger partial charge in [-0.2, -0.15) is 0 Å². The lowest BCUT2D eigenvalue weighted by Crippen LogP contribution is -1.79. The molecule has 0 saturated carbocycles. The summed E-state index contributed by atoms with van der Waals surface area (Å²) in [6, 6.07) is 0. The molecular formula is C11H16O. The van der Waals surface area contributed by atoms with E-state index < -0.39 is 0 Å². The first-order valence-electron chi connectivity index (χ1n) is 3.67. The third kappa shape index (κ3) is 11.4. The van der Waals surface area contributed by atoms with Crippen LogP contribution in [0.3, 0.4) is 0 Å². The van der Waals surface area contributed by atoms with Crippen LogP contribution in [0.15, 0.2) is 49.6 Å². The summed E-state index contributed by atoms with van der Waals surface area (Å²) in [6.45, 7) is 13.1. The lowest BCUT2D eigenvalue weighted by molar-refractivity contribution is -0.112. The van der Waals surface area contributed by atoms with Gasteiger partial charge in [0.2, 0.25) is 0 Å². The van der Waals surface area contributed by atoms with Crippen molar-refractivity contribution < 1.29 is 4.79 Å². The summed E-state index contributed by atoms with van der Waals surface area (Å²) < 4.78 is 0. The fourth-order valence-corrected chi connectivity index (χ4v) is 0.494. The predicted molar refractivity (Wildman–Crippen MR) is 55.0 cm³/mol. The molecule has 66 valence electrons. The van der Waals surface area contributed by atoms with Crippen LogP contribution in [0.25, 0.3) is 0 Å². The summed E-state index contributed by atoms with van der Waals surface area (Å²) in [5.41, 5.74) is 0.845. The molecule has 0 radical (unpaired) electrons. The van der Waals surface area contributed by atoms with Crippen LogP contribution in [0.5, 0.6) is 0 Å². The maximum absolute atomic E-state index is 10.4. The maximum Gasteiger partial charge on any atom is 0.152 e. The molecule has 0 aromatic carbocycles. The van der Waals surface area contributed by atoms with Gasteiger partial charge in [0.1, 0.15) is 0 Å². The van der Waals surface area contributed by atoms with Gasteiger partial charge >= 0.3 is 0 Å². The van der Waals surface area contributed by atoms with Gasteiger partial charge in [0.25, 0.3) is 0 Å². The summed E-state index contributed by atoms with van der Waals surface area (Å²) in [7, 11) is 0. The van der Waals surface area contributed by atoms with E-state index in [9.17, 15) is 4.79 Å². The van der Waals surface area contributed by atoms with E-state index in [0.717, 1.165) is 5.57 Å². The van der Waals surface area contributed by atoms with Crippen LogP contribution < -0.4 is 0 Å². The molecule has 0 spiro atoms. The molecule has 0 fully saturated rings. The standard InChI is InChI=1S/C9H12O.C2H4/c1-4-5-8(2)6-7-9(3)10;1-2/h4-7H,2H2,1,3H3;1-2H2/b5-4-,7-6+;. The van der Waals surface area contributed by atoms with Gasteiger partial charge in [0.15, 0.2) is 5.78 Å². The van der Waals surface area contributed by atoms with Crippen molar-refractivity contribution in [3.8, 4) is 0 Å². The molecular weight excluding hydrogens is 148 g/mol. The van der Waals surface area contributed by atoms with E-state index in [-0.39, 0.29) is 5.78 Å². The predicted octanol–water partition coefficient (Wildman–Crippen LogP) is 3.07. The number of hydrogen-bond donors (Lipinski definition) is 0. The fraction of sp³-hybridized carbons (Fsp3) is 0.182. The zero-order valence-electron chi connectivity index (χ0n) is 7.84. The maximum atomic E-state index is 10.4. The molecule has 0 aliphatic heterocycles. The van der Waals surface area contributed by atoms with Gasteiger partial charge in [-0.1, -0.05) is 24.8 Å². The minimum absolute atomic E-state index is 0.0469. The van der Waals surface area contributed by atoms with E-state index in [1.54, 1.807) is 6.08 Å². The summed E-state index contributed by atoms with van der Waals surface area (Å²) in [4.78, 5) is 10.4. The molecule has 0 aliphatic carbocycles. The Balaban J connectivity index is 0. The van der Waals surface area contributed by atoms with E-state index in [1.165, 1.54) is 13.0 Å². The van der Waals surface area contributed by atoms with Crippen molar-refractivity contribution in [2.75, 3.05) is 0 Å². The van der Waals surface area contributed by atoms with Gasteiger partial charge in [-0.05, 0) is 25.5 Å². The van der Waals surface area contributed by atoms with E-state index in [1.807, 2.05) is 19.1 Å². The number of carbonyl (C=O) groups excluding carboxylic acids is 1. The topological polar surface area (TPSA) is 17.1 Å². The Morgan fingerprint density at radius 2 is 1.67 bits per heavy atom. The van der Waals surface area contributed by atoms with Crippen LogP contribution >= 0.6 is 0 Å². The largest absolute Gasteiger partial charge is 0.295 e. The third-order valence-corrected chi connectivity index (χ3v) is 0.913. The van der Waals surface area contributed by atoms with Crippen molar-refractivity contribution in [3.63, 3.8) is 0 Å². The van der Waals surface area contributed by atoms with E-state index in [4.69, 9.17) is 0 Å². The summed E-state index contributed by atoms with van der Waals surface area (Å²) in [5.74, 6) is 0.0469. The monoisotopic (exact) mass is 164 g/mol. The van der Waals surface area contributed by atoms with Crippen molar-refractivity contribution in [2.45, 2.75) is 13.8 Å². The highest BCUT2D eigenvalue weighted by molar-refractivity contribution is 5.87. The van der Waals surface area contributed by atoms with Gasteiger partial charge in [-0.3, -0.25) is 4.79 Å². The lowest BCUT2D eigenvalue weighted by Gasteiger charge is -1.84. The molecule has 0 aromatic rings. The Labute approximate surface area is 74.8 Å². The van der Waals surface area contributed by atoms with Crippen molar-refractivity contribution >= 4 is 5.78 Å². The normalized spacial score (nSPS) is 9.50. The van der Waals surface area contributed by atoms with E-state index in [2.05, 4.69) is 19.7 Å². The minimum Gasteiger partial charge on any atom is -0.295 e. The van der Waals surface area contributed by atoms with Gasteiger partial charge in [-0.15, -0.1) is 13.2 Å². The molecule has 0 bridgehead atoms. The Bertz CT molecular complexity index is 197. The summed E-state index contributed by atoms with van der Waals surface area (Å²) in [6.07, 6.45) is 6.93. The van der Waals surface area contributed by atoms with E-state index in [0.29, 0.717) is 0 Å². The molecule has 0 atom stereocenters. The summed E-state index contributed by atoms with van der Waals surface area (Å²) >= 11 is 0. The molecule has 0 unspecified atom stereocenters. The molecule has 0 saturated heterocycles. The van der Waals surface area contributed by atoms with Gasteiger partial charge in [0.05, 0.1) is 0 Å². The summed E-state index contributed by atoms with van der Waals surface area (Å²) in [5, 5.41) is 0. The smallest absolute Gasteiger partial charge is 0.152 e. The SMILES string of the molecule is C=C.C=C(/C=C\C)/C=C/C(C)=O. The van der Waals surface area contributed by atoms with Crippen molar-refractivity contribution in [1.29, 1.82) is 0 Å². The van der Waals surface area contributed by atoms with Crippen LogP contribution in [-0.2, 0) is 4.79 Å². The van der Waals surface area contributed by atoms with Crippen LogP contribution in [0.4, 0.5) is 0 Å². The number of rotatable bonds is 3. The molecule has 0 aliphatic rings. The molecule has 1 heteroatoms. The molecule has 0 rings (SSSR count). The van der Waals surface area contributed by atoms with Gasteiger partial charge < -0.3 is 0 Å². The van der Waals surface area contributed by atoms with Crippen LogP contribution in [0.1, 0.15) is 13.8 Å². The van der Waals surface area contributed by atoms with Crippen molar-refractivity contribution in [2.24, 2.45) is 0 Å². The number of hydrogen-bond acceptors (Lipinski definition) is 1. The van der Waals surface area contributed by atoms with Gasteiger partial charge in [-0.25, -0.2) is 0 Å². The Morgan fingerprint density at radius 1 is 1.17 bits per heavy atom. The molecule has 1 nitrogen and oxygen atoms in total. The average molecular weight is 164 g/mol. The van der Waals surface area contributed by atoms with Gasteiger partial charge in [0, 0.05) is 0 Å². The molecule has 0 N–H and O–H groups in total. The van der Waals surface area contributed by atoms with Crippen LogP contribution in [0, 0.1) is 0 Å². The highest BCUT2D eigenvalue weighted by Gasteiger charge is 1.81. The second-order valence-electron chi connectivity index (χ2n) is 2.02. The molecule has 0 amide bonds. The first kappa shape index (κ1) is 13.2. The molecule has 0 heterocycles. The fourth-order valence-electron chi connectivity index (χ4n) is 0.494. The Hall–Kier alpha value is -1.37. The Kier molecular flexibility index (Phi) is 10.6. The minimum atomic E-state index is 0.0469. The molecule has 0 aromatic heterocycles. The van der Waals surface area contributed by atoms with Crippen LogP contribution in [-0.4, -0.2) is 5.78 Å². The number of ketones is 1. The van der Waals surface area contributed by atoms with Crippen LogP contribution in [0.2, 0.25) is 0 Å². The first-order valence-corrected chi connectivity index (χ1v) is 3.67. The quantitative estimate of drug-likeness (QED) is 0.356. The zero-order valence-corrected chi connectivity index (χ0v) is 7.84. The number of allylic oxidation sites excluding steroid dienone is 5. The lowest BCUT2D eigenvalue weighted by atomic mass is 10.2. The molecule has 12 heavy (non-hydrogen) atoms. The third-order valence-electron chi connectivity index (χ3n) is 0.913.